The lowest BCUT2D eigenvalue weighted by Crippen LogP contribution is -2.05. The van der Waals surface area contributed by atoms with E-state index in [-0.39, 0.29) is 0 Å². The van der Waals surface area contributed by atoms with Crippen LogP contribution < -0.4 is 4.74 Å². The van der Waals surface area contributed by atoms with E-state index in [4.69, 9.17) is 14.7 Å². The third-order valence-corrected chi connectivity index (χ3v) is 12.7. The lowest BCUT2D eigenvalue weighted by Gasteiger charge is -2.17. The second-order valence-corrected chi connectivity index (χ2v) is 15.9. The number of rotatable bonds is 4. The Morgan fingerprint density at radius 3 is 1.72 bits per heavy atom. The minimum Gasteiger partial charge on any atom is -0.491 e. The summed E-state index contributed by atoms with van der Waals surface area (Å²) in [5.41, 5.74) is 9.45. The monoisotopic (exact) mass is 765 g/mol. The first-order valence-corrected chi connectivity index (χ1v) is 20.7. The molecule has 0 saturated carbocycles. The van der Waals surface area contributed by atoms with Crippen LogP contribution in [0.3, 0.4) is 0 Å². The molecule has 0 atom stereocenters. The summed E-state index contributed by atoms with van der Waals surface area (Å²) in [7, 11) is 0. The van der Waals surface area contributed by atoms with Crippen molar-refractivity contribution in [2.45, 2.75) is 6.42 Å². The zero-order chi connectivity index (χ0) is 39.3. The Morgan fingerprint density at radius 1 is 0.400 bits per heavy atom. The summed E-state index contributed by atoms with van der Waals surface area (Å²) in [5, 5.41) is 14.4. The number of aromatic nitrogens is 3. The topological polar surface area (TPSA) is 39.9 Å². The molecule has 0 bridgehead atoms. The predicted molar refractivity (Wildman–Crippen MR) is 249 cm³/mol. The van der Waals surface area contributed by atoms with Gasteiger partial charge < -0.3 is 4.74 Å². The van der Waals surface area contributed by atoms with Crippen molar-refractivity contribution in [3.8, 4) is 45.3 Å². The summed E-state index contributed by atoms with van der Waals surface area (Å²) in [5.74, 6) is 1.53. The largest absolute Gasteiger partial charge is 0.491 e. The van der Waals surface area contributed by atoms with Gasteiger partial charge in [-0.2, -0.15) is 0 Å². The SMILES string of the molecule is c1ccc(-c2ccc(-c3cc(-c4cccc5ccccc45)nc(-n4c5c6c(ccc5c5c7ccccc7c7c8ccccc8c8ccccc8c7c54)CCO6)n3)cc2)cc1. The Labute approximate surface area is 345 Å². The van der Waals surface area contributed by atoms with Gasteiger partial charge in [-0.25, -0.2) is 9.97 Å². The molecule has 10 aromatic carbocycles. The van der Waals surface area contributed by atoms with Crippen LogP contribution in [0.5, 0.6) is 5.75 Å². The van der Waals surface area contributed by atoms with Crippen LogP contribution in [-0.2, 0) is 6.42 Å². The average Bonchev–Trinajstić information content (AvgIpc) is 3.95. The van der Waals surface area contributed by atoms with Crippen molar-refractivity contribution < 1.29 is 4.74 Å². The molecule has 0 radical (unpaired) electrons. The first kappa shape index (κ1) is 33.2. The number of hydrogen-bond acceptors (Lipinski definition) is 3. The summed E-state index contributed by atoms with van der Waals surface area (Å²) < 4.78 is 9.00. The molecule has 60 heavy (non-hydrogen) atoms. The molecule has 0 saturated heterocycles. The first-order valence-electron chi connectivity index (χ1n) is 20.7. The maximum absolute atomic E-state index is 6.65. The molecule has 0 amide bonds. The second kappa shape index (κ2) is 12.8. The zero-order valence-electron chi connectivity index (χ0n) is 32.6. The Hall–Kier alpha value is -7.82. The predicted octanol–water partition coefficient (Wildman–Crippen LogP) is 14.3. The van der Waals surface area contributed by atoms with Crippen molar-refractivity contribution in [3.05, 3.63) is 194 Å². The van der Waals surface area contributed by atoms with E-state index >= 15 is 0 Å². The van der Waals surface area contributed by atoms with Gasteiger partial charge in [-0.15, -0.1) is 0 Å². The second-order valence-electron chi connectivity index (χ2n) is 15.9. The molecule has 3 heterocycles. The van der Waals surface area contributed by atoms with E-state index in [1.807, 2.05) is 0 Å². The maximum atomic E-state index is 6.65. The molecular formula is C56H35N3O. The van der Waals surface area contributed by atoms with E-state index in [9.17, 15) is 0 Å². The number of fused-ring (bicyclic) bond motifs is 16. The van der Waals surface area contributed by atoms with E-state index < -0.39 is 0 Å². The number of benzene rings is 10. The van der Waals surface area contributed by atoms with Crippen LogP contribution in [0.2, 0.25) is 0 Å². The van der Waals surface area contributed by atoms with E-state index in [2.05, 4.69) is 193 Å². The van der Waals surface area contributed by atoms with Crippen LogP contribution in [0.25, 0.3) is 115 Å². The molecule has 13 rings (SSSR count). The molecule has 0 N–H and O–H groups in total. The normalized spacial score (nSPS) is 12.7. The number of ether oxygens (including phenoxy) is 1. The van der Waals surface area contributed by atoms with Crippen molar-refractivity contribution in [3.63, 3.8) is 0 Å². The van der Waals surface area contributed by atoms with Gasteiger partial charge in [0.05, 0.1) is 29.0 Å². The minimum absolute atomic E-state index is 0.611. The summed E-state index contributed by atoms with van der Waals surface area (Å²) in [6, 6.07) is 67.7. The smallest absolute Gasteiger partial charge is 0.235 e. The first-order chi connectivity index (χ1) is 29.8. The highest BCUT2D eigenvalue weighted by Crippen LogP contribution is 2.50. The molecule has 280 valence electrons. The fraction of sp³-hybridized carbons (Fsp3) is 0.0357. The standard InChI is InChI=1S/C56H35N3O/c1-2-13-34(14-3-1)35-25-27-37(28-26-35)48-33-49(42-24-12-16-36-15-4-5-17-39(36)42)58-56(57-48)59-53-47(30-29-38-31-32-60-55(38)53)51-46-23-11-10-22-45(46)50-43-20-8-6-18-40(43)41-19-7-9-21-44(41)52(50)54(51)59/h1-30,33H,31-32H2. The highest BCUT2D eigenvalue weighted by Gasteiger charge is 2.28. The zero-order valence-corrected chi connectivity index (χ0v) is 32.6. The van der Waals surface area contributed by atoms with Crippen molar-refractivity contribution in [1.82, 2.24) is 14.5 Å². The number of nitrogens with zero attached hydrogens (tertiary/aromatic N) is 3. The average molecular weight is 766 g/mol. The highest BCUT2D eigenvalue weighted by atomic mass is 16.5. The van der Waals surface area contributed by atoms with Crippen LogP contribution in [0.15, 0.2) is 188 Å². The van der Waals surface area contributed by atoms with Gasteiger partial charge in [-0.1, -0.05) is 182 Å². The van der Waals surface area contributed by atoms with E-state index in [1.54, 1.807) is 0 Å². The van der Waals surface area contributed by atoms with Gasteiger partial charge in [0.1, 0.15) is 5.75 Å². The van der Waals surface area contributed by atoms with E-state index in [0.29, 0.717) is 12.6 Å². The number of hydrogen-bond donors (Lipinski definition) is 0. The Balaban J connectivity index is 1.23. The van der Waals surface area contributed by atoms with Crippen LogP contribution in [-0.4, -0.2) is 21.1 Å². The summed E-state index contributed by atoms with van der Waals surface area (Å²) >= 11 is 0. The Bertz CT molecular complexity index is 3730. The van der Waals surface area contributed by atoms with E-state index in [1.165, 1.54) is 65.0 Å². The summed E-state index contributed by atoms with van der Waals surface area (Å²) in [6.07, 6.45) is 0.859. The lowest BCUT2D eigenvalue weighted by atomic mass is 9.89. The molecule has 1 aliphatic rings. The summed E-state index contributed by atoms with van der Waals surface area (Å²) in [4.78, 5) is 11.2. The van der Waals surface area contributed by atoms with Crippen molar-refractivity contribution >= 4 is 75.7 Å². The molecule has 0 spiro atoms. The molecule has 1 aliphatic heterocycles. The molecule has 0 unspecified atom stereocenters. The minimum atomic E-state index is 0.611. The van der Waals surface area contributed by atoms with Crippen LogP contribution in [0, 0.1) is 0 Å². The van der Waals surface area contributed by atoms with Crippen molar-refractivity contribution in [2.75, 3.05) is 6.61 Å². The van der Waals surface area contributed by atoms with Gasteiger partial charge in [-0.05, 0) is 65.8 Å². The fourth-order valence-electron chi connectivity index (χ4n) is 10.0. The summed E-state index contributed by atoms with van der Waals surface area (Å²) in [6.45, 7) is 0.640. The lowest BCUT2D eigenvalue weighted by molar-refractivity contribution is 0.359. The molecule has 12 aromatic rings. The third-order valence-electron chi connectivity index (χ3n) is 12.7. The van der Waals surface area contributed by atoms with Gasteiger partial charge in [-0.3, -0.25) is 4.57 Å². The van der Waals surface area contributed by atoms with Gasteiger partial charge in [0.2, 0.25) is 5.95 Å². The molecule has 2 aromatic heterocycles. The van der Waals surface area contributed by atoms with Crippen LogP contribution in [0.4, 0.5) is 0 Å². The molecule has 4 heteroatoms. The van der Waals surface area contributed by atoms with E-state index in [0.717, 1.165) is 62.1 Å². The quantitative estimate of drug-likeness (QED) is 0.168. The Morgan fingerprint density at radius 2 is 0.967 bits per heavy atom. The molecule has 4 nitrogen and oxygen atoms in total. The fourth-order valence-corrected chi connectivity index (χ4v) is 10.0. The van der Waals surface area contributed by atoms with Gasteiger partial charge in [0.25, 0.3) is 0 Å². The van der Waals surface area contributed by atoms with Crippen LogP contribution in [0.1, 0.15) is 5.56 Å². The molecule has 0 fully saturated rings. The van der Waals surface area contributed by atoms with Gasteiger partial charge >= 0.3 is 0 Å². The maximum Gasteiger partial charge on any atom is 0.235 e. The molecular weight excluding hydrogens is 731 g/mol. The van der Waals surface area contributed by atoms with Crippen LogP contribution >= 0.6 is 0 Å². The van der Waals surface area contributed by atoms with Gasteiger partial charge in [0.15, 0.2) is 0 Å². The van der Waals surface area contributed by atoms with Crippen molar-refractivity contribution in [1.29, 1.82) is 0 Å². The highest BCUT2D eigenvalue weighted by molar-refractivity contribution is 6.42. The molecule has 0 aliphatic carbocycles. The Kier molecular flexibility index (Phi) is 7.10. The third kappa shape index (κ3) is 4.79. The van der Waals surface area contributed by atoms with Gasteiger partial charge in [0, 0.05) is 39.1 Å². The van der Waals surface area contributed by atoms with Crippen molar-refractivity contribution in [2.24, 2.45) is 0 Å².